The van der Waals surface area contributed by atoms with Crippen molar-refractivity contribution in [2.24, 2.45) is 10.4 Å². The van der Waals surface area contributed by atoms with Gasteiger partial charge in [0.1, 0.15) is 0 Å². The predicted octanol–water partition coefficient (Wildman–Crippen LogP) is 2.14. The highest BCUT2D eigenvalue weighted by molar-refractivity contribution is 14.0. The molecule has 0 spiro atoms. The maximum Gasteiger partial charge on any atom is 0.191 e. The van der Waals surface area contributed by atoms with Crippen LogP contribution in [-0.2, 0) is 4.74 Å². The first-order valence-electron chi connectivity index (χ1n) is 6.86. The highest BCUT2D eigenvalue weighted by Gasteiger charge is 2.33. The Hall–Kier alpha value is -0.0400. The van der Waals surface area contributed by atoms with Crippen LogP contribution in [0.25, 0.3) is 0 Å². The molecule has 1 fully saturated rings. The van der Waals surface area contributed by atoms with Gasteiger partial charge in [0.25, 0.3) is 0 Å². The average molecular weight is 367 g/mol. The van der Waals surface area contributed by atoms with Crippen molar-refractivity contribution in [3.8, 4) is 0 Å². The number of aliphatic imine (C=N–C) groups is 1. The highest BCUT2D eigenvalue weighted by atomic mass is 127. The van der Waals surface area contributed by atoms with Crippen LogP contribution in [0.1, 0.15) is 38.5 Å². The van der Waals surface area contributed by atoms with E-state index in [2.05, 4.69) is 15.6 Å². The second kappa shape index (κ2) is 8.19. The van der Waals surface area contributed by atoms with E-state index in [0.29, 0.717) is 5.41 Å². The van der Waals surface area contributed by atoms with E-state index in [-0.39, 0.29) is 24.0 Å². The quantitative estimate of drug-likeness (QED) is 0.732. The molecule has 0 unspecified atom stereocenters. The van der Waals surface area contributed by atoms with Crippen LogP contribution in [0.4, 0.5) is 0 Å². The van der Waals surface area contributed by atoms with Gasteiger partial charge in [-0.3, -0.25) is 4.99 Å². The molecule has 2 rings (SSSR count). The molecule has 18 heavy (non-hydrogen) atoms. The fourth-order valence-electron chi connectivity index (χ4n) is 2.88. The van der Waals surface area contributed by atoms with Gasteiger partial charge in [-0.05, 0) is 31.1 Å². The summed E-state index contributed by atoms with van der Waals surface area (Å²) in [5, 5.41) is 6.82. The van der Waals surface area contributed by atoms with Gasteiger partial charge in [-0.15, -0.1) is 24.0 Å². The van der Waals surface area contributed by atoms with Crippen LogP contribution in [0.15, 0.2) is 4.99 Å². The summed E-state index contributed by atoms with van der Waals surface area (Å²) in [4.78, 5) is 4.46. The molecular weight excluding hydrogens is 341 g/mol. The lowest BCUT2D eigenvalue weighted by molar-refractivity contribution is 0.138. The molecule has 0 atom stereocenters. The Morgan fingerprint density at radius 2 is 2.11 bits per heavy atom. The van der Waals surface area contributed by atoms with Crippen molar-refractivity contribution >= 4 is 29.9 Å². The SMILES string of the molecule is COCCC1(CNC2=NCCCN2)CCCC1.I. The molecule has 1 saturated carbocycles. The van der Waals surface area contributed by atoms with Crippen molar-refractivity contribution in [2.75, 3.05) is 33.4 Å². The van der Waals surface area contributed by atoms with Crippen molar-refractivity contribution in [1.29, 1.82) is 0 Å². The van der Waals surface area contributed by atoms with Gasteiger partial charge in [-0.1, -0.05) is 12.8 Å². The molecule has 0 radical (unpaired) electrons. The lowest BCUT2D eigenvalue weighted by atomic mass is 9.83. The van der Waals surface area contributed by atoms with E-state index in [0.717, 1.165) is 38.6 Å². The molecule has 0 amide bonds. The van der Waals surface area contributed by atoms with E-state index in [1.807, 2.05) is 0 Å². The lowest BCUT2D eigenvalue weighted by Gasteiger charge is -2.30. The highest BCUT2D eigenvalue weighted by Crippen LogP contribution is 2.40. The zero-order chi connectivity index (χ0) is 12.0. The largest absolute Gasteiger partial charge is 0.385 e. The average Bonchev–Trinajstić information content (AvgIpc) is 2.85. The van der Waals surface area contributed by atoms with Crippen LogP contribution >= 0.6 is 24.0 Å². The standard InChI is InChI=1S/C13H25N3O.HI/c1-17-10-7-13(5-2-3-6-13)11-16-12-14-8-4-9-15-12;/h2-11H2,1H3,(H2,14,15,16);1H. The molecule has 0 aromatic carbocycles. The molecule has 0 aromatic rings. The molecule has 2 aliphatic rings. The predicted molar refractivity (Wildman–Crippen MR) is 85.7 cm³/mol. The first kappa shape index (κ1) is 16.0. The summed E-state index contributed by atoms with van der Waals surface area (Å²) >= 11 is 0. The molecule has 106 valence electrons. The summed E-state index contributed by atoms with van der Waals surface area (Å²) in [6.45, 7) is 3.93. The van der Waals surface area contributed by atoms with Gasteiger partial charge >= 0.3 is 0 Å². The molecule has 0 aromatic heterocycles. The number of ether oxygens (including phenoxy) is 1. The molecule has 1 aliphatic heterocycles. The summed E-state index contributed by atoms with van der Waals surface area (Å²) < 4.78 is 5.25. The maximum absolute atomic E-state index is 5.25. The fraction of sp³-hybridized carbons (Fsp3) is 0.923. The summed E-state index contributed by atoms with van der Waals surface area (Å²) in [5.74, 6) is 1.000. The van der Waals surface area contributed by atoms with Gasteiger partial charge in [0.2, 0.25) is 0 Å². The minimum atomic E-state index is 0. The van der Waals surface area contributed by atoms with Crippen molar-refractivity contribution in [2.45, 2.75) is 38.5 Å². The normalized spacial score (nSPS) is 21.7. The third-order valence-corrected chi connectivity index (χ3v) is 4.03. The zero-order valence-corrected chi connectivity index (χ0v) is 13.7. The van der Waals surface area contributed by atoms with Gasteiger partial charge in [-0.25, -0.2) is 0 Å². The first-order chi connectivity index (χ1) is 8.35. The molecule has 5 heteroatoms. The van der Waals surface area contributed by atoms with Gasteiger partial charge in [-0.2, -0.15) is 0 Å². The van der Waals surface area contributed by atoms with E-state index < -0.39 is 0 Å². The van der Waals surface area contributed by atoms with Gasteiger partial charge in [0.05, 0.1) is 0 Å². The van der Waals surface area contributed by atoms with Crippen LogP contribution < -0.4 is 10.6 Å². The van der Waals surface area contributed by atoms with Gasteiger partial charge < -0.3 is 15.4 Å². The Balaban J connectivity index is 0.00000162. The molecule has 0 bridgehead atoms. The molecule has 2 N–H and O–H groups in total. The second-order valence-electron chi connectivity index (χ2n) is 5.31. The summed E-state index contributed by atoms with van der Waals surface area (Å²) in [7, 11) is 1.79. The minimum absolute atomic E-state index is 0. The number of nitrogens with one attached hydrogen (secondary N) is 2. The minimum Gasteiger partial charge on any atom is -0.385 e. The van der Waals surface area contributed by atoms with E-state index in [1.54, 1.807) is 7.11 Å². The molecular formula is C13H26IN3O. The Labute approximate surface area is 127 Å². The van der Waals surface area contributed by atoms with Crippen molar-refractivity contribution in [1.82, 2.24) is 10.6 Å². The van der Waals surface area contributed by atoms with E-state index in [4.69, 9.17) is 4.74 Å². The number of methoxy groups -OCH3 is 1. The van der Waals surface area contributed by atoms with Crippen LogP contribution in [-0.4, -0.2) is 39.3 Å². The number of hydrogen-bond acceptors (Lipinski definition) is 4. The Morgan fingerprint density at radius 3 is 2.72 bits per heavy atom. The smallest absolute Gasteiger partial charge is 0.191 e. The first-order valence-corrected chi connectivity index (χ1v) is 6.86. The Morgan fingerprint density at radius 1 is 1.33 bits per heavy atom. The summed E-state index contributed by atoms with van der Waals surface area (Å²) in [6, 6.07) is 0. The van der Waals surface area contributed by atoms with Crippen molar-refractivity contribution in [3.63, 3.8) is 0 Å². The number of halogens is 1. The van der Waals surface area contributed by atoms with Crippen LogP contribution in [0.3, 0.4) is 0 Å². The topological polar surface area (TPSA) is 45.6 Å². The van der Waals surface area contributed by atoms with E-state index in [1.165, 1.54) is 32.1 Å². The Bertz CT molecular complexity index is 265. The van der Waals surface area contributed by atoms with Crippen LogP contribution in [0.5, 0.6) is 0 Å². The third kappa shape index (κ3) is 4.57. The van der Waals surface area contributed by atoms with Crippen LogP contribution in [0.2, 0.25) is 0 Å². The van der Waals surface area contributed by atoms with E-state index >= 15 is 0 Å². The third-order valence-electron chi connectivity index (χ3n) is 4.03. The van der Waals surface area contributed by atoms with Crippen LogP contribution in [0, 0.1) is 5.41 Å². The lowest BCUT2D eigenvalue weighted by Crippen LogP contribution is -2.45. The van der Waals surface area contributed by atoms with Crippen molar-refractivity contribution < 1.29 is 4.74 Å². The fourth-order valence-corrected chi connectivity index (χ4v) is 2.88. The molecule has 1 heterocycles. The monoisotopic (exact) mass is 367 g/mol. The summed E-state index contributed by atoms with van der Waals surface area (Å²) in [5.41, 5.74) is 0.442. The number of hydrogen-bond donors (Lipinski definition) is 2. The van der Waals surface area contributed by atoms with Gasteiger partial charge in [0, 0.05) is 33.4 Å². The summed E-state index contributed by atoms with van der Waals surface area (Å²) in [6.07, 6.45) is 7.72. The second-order valence-corrected chi connectivity index (χ2v) is 5.31. The number of rotatable bonds is 5. The van der Waals surface area contributed by atoms with Gasteiger partial charge in [0.15, 0.2) is 5.96 Å². The molecule has 0 saturated heterocycles. The van der Waals surface area contributed by atoms with Crippen molar-refractivity contribution in [3.05, 3.63) is 0 Å². The Kier molecular flexibility index (Phi) is 7.29. The molecule has 4 nitrogen and oxygen atoms in total. The molecule has 1 aliphatic carbocycles. The maximum atomic E-state index is 5.25. The van der Waals surface area contributed by atoms with E-state index in [9.17, 15) is 0 Å². The zero-order valence-electron chi connectivity index (χ0n) is 11.3. The number of guanidine groups is 1. The number of nitrogens with zero attached hydrogens (tertiary/aromatic N) is 1.